The number of hydrogen-bond donors (Lipinski definition) is 0. The van der Waals surface area contributed by atoms with Crippen LogP contribution in [0.4, 0.5) is 0 Å². The Morgan fingerprint density at radius 1 is 0.800 bits per heavy atom. The fraction of sp³-hybridized carbons (Fsp3) is 0.158. The van der Waals surface area contributed by atoms with Gasteiger partial charge in [-0.1, -0.05) is 48.5 Å². The topological polar surface area (TPSA) is 9.23 Å². The first-order chi connectivity index (χ1) is 9.88. The summed E-state index contributed by atoms with van der Waals surface area (Å²) in [5.74, 6) is 0.357. The molecular weight excluding hydrogens is 244 g/mol. The first-order valence-electron chi connectivity index (χ1n) is 6.99. The third-order valence-corrected chi connectivity index (χ3v) is 4.25. The maximum Gasteiger partial charge on any atom is 0.0572 e. The van der Waals surface area contributed by atoms with Crippen molar-refractivity contribution in [3.05, 3.63) is 71.8 Å². The number of rotatable bonds is 2. The monoisotopic (exact) mass is 260 g/mol. The lowest BCUT2D eigenvalue weighted by Gasteiger charge is -2.12. The lowest BCUT2D eigenvalue weighted by atomic mass is 9.96. The van der Waals surface area contributed by atoms with Crippen LogP contribution in [0.2, 0.25) is 0 Å². The minimum atomic E-state index is 0.357. The molecule has 1 nitrogen and oxygen atoms in total. The Morgan fingerprint density at radius 2 is 1.50 bits per heavy atom. The highest BCUT2D eigenvalue weighted by Crippen LogP contribution is 2.46. The van der Waals surface area contributed by atoms with Crippen LogP contribution in [-0.4, -0.2) is 13.7 Å². The van der Waals surface area contributed by atoms with Gasteiger partial charge in [0.1, 0.15) is 0 Å². The smallest absolute Gasteiger partial charge is 0.0572 e. The molecule has 98 valence electrons. The Morgan fingerprint density at radius 3 is 2.30 bits per heavy atom. The van der Waals surface area contributed by atoms with Crippen molar-refractivity contribution < 1.29 is 4.74 Å². The zero-order chi connectivity index (χ0) is 13.5. The molecule has 0 amide bonds. The predicted molar refractivity (Wildman–Crippen MR) is 83.1 cm³/mol. The Hall–Kier alpha value is -2.12. The van der Waals surface area contributed by atoms with Crippen LogP contribution in [-0.2, 0) is 4.74 Å². The quantitative estimate of drug-likeness (QED) is 0.654. The summed E-state index contributed by atoms with van der Waals surface area (Å²) in [7, 11) is 1.78. The summed E-state index contributed by atoms with van der Waals surface area (Å²) in [5.41, 5.74) is 5.50. The van der Waals surface area contributed by atoms with Crippen molar-refractivity contribution in [2.45, 2.75) is 5.92 Å². The standard InChI is InChI=1S/C19H16O/c1-20-12-19-16-9-5-4-8-15(16)17-10-13-6-2-3-7-14(13)11-18(17)19/h2-11,19H,12H2,1H3. The zero-order valence-corrected chi connectivity index (χ0v) is 11.5. The summed E-state index contributed by atoms with van der Waals surface area (Å²) in [6, 6.07) is 21.9. The molecule has 0 heterocycles. The summed E-state index contributed by atoms with van der Waals surface area (Å²) in [4.78, 5) is 0. The minimum absolute atomic E-state index is 0.357. The van der Waals surface area contributed by atoms with Crippen molar-refractivity contribution in [1.29, 1.82) is 0 Å². The summed E-state index contributed by atoms with van der Waals surface area (Å²) >= 11 is 0. The van der Waals surface area contributed by atoms with Crippen molar-refractivity contribution in [1.82, 2.24) is 0 Å². The molecule has 0 spiro atoms. The van der Waals surface area contributed by atoms with Crippen LogP contribution in [0, 0.1) is 0 Å². The summed E-state index contributed by atoms with van der Waals surface area (Å²) in [6.45, 7) is 0.738. The van der Waals surface area contributed by atoms with Gasteiger partial charge in [-0.15, -0.1) is 0 Å². The Balaban J connectivity index is 2.02. The van der Waals surface area contributed by atoms with Gasteiger partial charge in [0.25, 0.3) is 0 Å². The number of hydrogen-bond acceptors (Lipinski definition) is 1. The third-order valence-electron chi connectivity index (χ3n) is 4.25. The van der Waals surface area contributed by atoms with E-state index >= 15 is 0 Å². The highest BCUT2D eigenvalue weighted by Gasteiger charge is 2.28. The van der Waals surface area contributed by atoms with Crippen LogP contribution in [0.5, 0.6) is 0 Å². The van der Waals surface area contributed by atoms with E-state index in [1.807, 2.05) is 0 Å². The molecule has 3 aromatic carbocycles. The average molecular weight is 260 g/mol. The summed E-state index contributed by atoms with van der Waals surface area (Å²) in [6.07, 6.45) is 0. The molecule has 0 radical (unpaired) electrons. The largest absolute Gasteiger partial charge is 0.384 e. The van der Waals surface area contributed by atoms with Crippen molar-refractivity contribution in [2.75, 3.05) is 13.7 Å². The fourth-order valence-corrected chi connectivity index (χ4v) is 3.34. The van der Waals surface area contributed by atoms with Crippen molar-refractivity contribution in [3.63, 3.8) is 0 Å². The van der Waals surface area contributed by atoms with Gasteiger partial charge in [-0.2, -0.15) is 0 Å². The van der Waals surface area contributed by atoms with Crippen LogP contribution in [0.15, 0.2) is 60.7 Å². The Bertz CT molecular complexity index is 789. The van der Waals surface area contributed by atoms with Crippen molar-refractivity contribution in [2.24, 2.45) is 0 Å². The molecule has 0 saturated heterocycles. The molecule has 4 rings (SSSR count). The zero-order valence-electron chi connectivity index (χ0n) is 11.5. The molecule has 0 aromatic heterocycles. The molecule has 1 aliphatic carbocycles. The molecule has 0 N–H and O–H groups in total. The number of fused-ring (bicyclic) bond motifs is 4. The van der Waals surface area contributed by atoms with Crippen LogP contribution in [0.25, 0.3) is 21.9 Å². The van der Waals surface area contributed by atoms with E-state index in [2.05, 4.69) is 60.7 Å². The van der Waals surface area contributed by atoms with Gasteiger partial charge >= 0.3 is 0 Å². The second-order valence-corrected chi connectivity index (χ2v) is 5.38. The lowest BCUT2D eigenvalue weighted by Crippen LogP contribution is -2.04. The van der Waals surface area contributed by atoms with E-state index in [1.165, 1.54) is 33.0 Å². The molecule has 20 heavy (non-hydrogen) atoms. The Labute approximate surface area is 118 Å². The van der Waals surface area contributed by atoms with Gasteiger partial charge < -0.3 is 4.74 Å². The van der Waals surface area contributed by atoms with Crippen LogP contribution < -0.4 is 0 Å². The Kier molecular flexibility index (Phi) is 2.61. The average Bonchev–Trinajstić information content (AvgIpc) is 2.80. The molecule has 1 aliphatic rings. The molecule has 0 saturated carbocycles. The van der Waals surface area contributed by atoms with Gasteiger partial charge in [0.2, 0.25) is 0 Å². The van der Waals surface area contributed by atoms with E-state index in [4.69, 9.17) is 4.74 Å². The molecule has 1 atom stereocenters. The predicted octanol–water partition coefficient (Wildman–Crippen LogP) is 4.60. The highest BCUT2D eigenvalue weighted by atomic mass is 16.5. The first kappa shape index (κ1) is 11.7. The lowest BCUT2D eigenvalue weighted by molar-refractivity contribution is 0.190. The van der Waals surface area contributed by atoms with Gasteiger partial charge in [-0.05, 0) is 45.2 Å². The van der Waals surface area contributed by atoms with Crippen LogP contribution in [0.3, 0.4) is 0 Å². The third kappa shape index (κ3) is 1.60. The van der Waals surface area contributed by atoms with Gasteiger partial charge in [-0.25, -0.2) is 0 Å². The summed E-state index contributed by atoms with van der Waals surface area (Å²) < 4.78 is 5.45. The second kappa shape index (κ2) is 4.46. The fourth-order valence-electron chi connectivity index (χ4n) is 3.34. The van der Waals surface area contributed by atoms with Crippen LogP contribution in [0.1, 0.15) is 17.0 Å². The van der Waals surface area contributed by atoms with Crippen molar-refractivity contribution in [3.8, 4) is 11.1 Å². The first-order valence-corrected chi connectivity index (χ1v) is 6.99. The summed E-state index contributed by atoms with van der Waals surface area (Å²) in [5, 5.41) is 2.61. The number of benzene rings is 3. The van der Waals surface area contributed by atoms with Gasteiger partial charge in [0.15, 0.2) is 0 Å². The number of methoxy groups -OCH3 is 1. The molecule has 1 unspecified atom stereocenters. The van der Waals surface area contributed by atoms with E-state index in [1.54, 1.807) is 7.11 Å². The van der Waals surface area contributed by atoms with E-state index in [0.29, 0.717) is 5.92 Å². The maximum absolute atomic E-state index is 5.45. The van der Waals surface area contributed by atoms with E-state index < -0.39 is 0 Å². The van der Waals surface area contributed by atoms with Crippen LogP contribution >= 0.6 is 0 Å². The second-order valence-electron chi connectivity index (χ2n) is 5.38. The van der Waals surface area contributed by atoms with Gasteiger partial charge in [-0.3, -0.25) is 0 Å². The molecule has 1 heteroatoms. The normalized spacial score (nSPS) is 16.1. The van der Waals surface area contributed by atoms with Gasteiger partial charge in [0.05, 0.1) is 6.61 Å². The molecule has 3 aromatic rings. The van der Waals surface area contributed by atoms with Crippen molar-refractivity contribution >= 4 is 10.8 Å². The SMILES string of the molecule is COCC1c2ccccc2-c2cc3ccccc3cc21. The highest BCUT2D eigenvalue weighted by molar-refractivity contribution is 5.92. The molecule has 0 fully saturated rings. The van der Waals surface area contributed by atoms with E-state index in [9.17, 15) is 0 Å². The molecular formula is C19H16O. The molecule has 0 aliphatic heterocycles. The van der Waals surface area contributed by atoms with Gasteiger partial charge in [0, 0.05) is 13.0 Å². The van der Waals surface area contributed by atoms with E-state index in [0.717, 1.165) is 6.61 Å². The maximum atomic E-state index is 5.45. The molecule has 0 bridgehead atoms. The minimum Gasteiger partial charge on any atom is -0.384 e. The number of ether oxygens (including phenoxy) is 1. The van der Waals surface area contributed by atoms with E-state index in [-0.39, 0.29) is 0 Å².